The highest BCUT2D eigenvalue weighted by Gasteiger charge is 2.35. The summed E-state index contributed by atoms with van der Waals surface area (Å²) in [4.78, 5) is 50.9. The zero-order chi connectivity index (χ0) is 20.0. The molecule has 148 valence electrons. The average Bonchev–Trinajstić information content (AvgIpc) is 3.42. The Kier molecular flexibility index (Phi) is 4.26. The predicted molar refractivity (Wildman–Crippen MR) is 107 cm³/mol. The van der Waals surface area contributed by atoms with Crippen molar-refractivity contribution in [1.29, 1.82) is 0 Å². The third-order valence-corrected chi connectivity index (χ3v) is 5.74. The number of benzene rings is 1. The Labute approximate surface area is 166 Å². The van der Waals surface area contributed by atoms with Crippen molar-refractivity contribution in [3.63, 3.8) is 0 Å². The van der Waals surface area contributed by atoms with Crippen LogP contribution in [0.4, 0.5) is 0 Å². The Hall–Kier alpha value is -3.29. The van der Waals surface area contributed by atoms with E-state index < -0.39 is 0 Å². The van der Waals surface area contributed by atoms with E-state index in [1.807, 2.05) is 18.2 Å². The van der Waals surface area contributed by atoms with Crippen LogP contribution in [0, 0.1) is 5.92 Å². The van der Waals surface area contributed by atoms with E-state index in [4.69, 9.17) is 4.98 Å². The molecule has 1 atom stereocenters. The van der Waals surface area contributed by atoms with Crippen molar-refractivity contribution < 1.29 is 4.79 Å². The van der Waals surface area contributed by atoms with E-state index in [1.54, 1.807) is 15.5 Å². The van der Waals surface area contributed by atoms with E-state index >= 15 is 0 Å². The molecule has 8 nitrogen and oxygen atoms in total. The molecule has 2 aliphatic rings. The fraction of sp³-hybridized carbons (Fsp3) is 0.381. The van der Waals surface area contributed by atoms with Crippen LogP contribution in [-0.2, 0) is 6.54 Å². The Morgan fingerprint density at radius 2 is 2.00 bits per heavy atom. The number of H-pyrrole nitrogens is 1. The number of nitrogens with zero attached hydrogens (tertiary/aromatic N) is 4. The first-order chi connectivity index (χ1) is 14.1. The van der Waals surface area contributed by atoms with Crippen LogP contribution in [0.3, 0.4) is 0 Å². The van der Waals surface area contributed by atoms with E-state index in [9.17, 15) is 14.4 Å². The van der Waals surface area contributed by atoms with Gasteiger partial charge in [-0.3, -0.25) is 19.0 Å². The molecule has 2 aromatic heterocycles. The van der Waals surface area contributed by atoms with E-state index in [1.165, 1.54) is 12.4 Å². The standard InChI is InChI=1S/C21H21N5O3/c27-18-10-16(22-12-23-18)21(29)25-9-3-6-17(25)19-24-15-5-2-1-4-14(15)20(28)26(19)11-13-7-8-13/h1-2,4-5,10,12-13,17H,3,6-9,11H2,(H,22,23,27). The molecule has 0 bridgehead atoms. The third kappa shape index (κ3) is 3.24. The van der Waals surface area contributed by atoms with Gasteiger partial charge in [-0.05, 0) is 43.7 Å². The molecule has 1 amide bonds. The minimum atomic E-state index is -0.367. The molecule has 0 radical (unpaired) electrons. The molecular weight excluding hydrogens is 370 g/mol. The molecule has 29 heavy (non-hydrogen) atoms. The summed E-state index contributed by atoms with van der Waals surface area (Å²) in [6.45, 7) is 1.18. The van der Waals surface area contributed by atoms with Gasteiger partial charge in [0.1, 0.15) is 11.5 Å². The quantitative estimate of drug-likeness (QED) is 0.732. The van der Waals surface area contributed by atoms with E-state index in [0.717, 1.165) is 25.7 Å². The summed E-state index contributed by atoms with van der Waals surface area (Å²) in [6.07, 6.45) is 5.00. The predicted octanol–water partition coefficient (Wildman–Crippen LogP) is 1.87. The number of fused-ring (bicyclic) bond motifs is 1. The number of hydrogen-bond acceptors (Lipinski definition) is 5. The van der Waals surface area contributed by atoms with Crippen LogP contribution in [0.15, 0.2) is 46.2 Å². The largest absolute Gasteiger partial charge is 0.327 e. The van der Waals surface area contributed by atoms with Crippen molar-refractivity contribution in [3.8, 4) is 0 Å². The van der Waals surface area contributed by atoms with Crippen LogP contribution < -0.4 is 11.1 Å². The summed E-state index contributed by atoms with van der Waals surface area (Å²) >= 11 is 0. The zero-order valence-electron chi connectivity index (χ0n) is 15.9. The smallest absolute Gasteiger partial charge is 0.273 e. The lowest BCUT2D eigenvalue weighted by atomic mass is 10.1. The number of aromatic amines is 1. The molecule has 2 fully saturated rings. The number of hydrogen-bond donors (Lipinski definition) is 1. The van der Waals surface area contributed by atoms with E-state index in [0.29, 0.717) is 35.7 Å². The van der Waals surface area contributed by atoms with Crippen molar-refractivity contribution >= 4 is 16.8 Å². The number of para-hydroxylation sites is 1. The topological polar surface area (TPSA) is 101 Å². The lowest BCUT2D eigenvalue weighted by Crippen LogP contribution is -2.36. The fourth-order valence-electron chi connectivity index (χ4n) is 4.09. The van der Waals surface area contributed by atoms with Crippen molar-refractivity contribution in [2.75, 3.05) is 6.54 Å². The average molecular weight is 391 g/mol. The lowest BCUT2D eigenvalue weighted by molar-refractivity contribution is 0.0720. The number of rotatable bonds is 4. The molecule has 1 aliphatic carbocycles. The third-order valence-electron chi connectivity index (χ3n) is 5.74. The molecule has 1 saturated carbocycles. The Balaban J connectivity index is 1.60. The summed E-state index contributed by atoms with van der Waals surface area (Å²) in [5.74, 6) is 0.824. The van der Waals surface area contributed by atoms with Crippen molar-refractivity contribution in [1.82, 2.24) is 24.4 Å². The first kappa shape index (κ1) is 17.8. The van der Waals surface area contributed by atoms with Gasteiger partial charge in [-0.25, -0.2) is 9.97 Å². The summed E-state index contributed by atoms with van der Waals surface area (Å²) in [5.41, 5.74) is 0.338. The molecule has 1 saturated heterocycles. The van der Waals surface area contributed by atoms with Gasteiger partial charge in [0.15, 0.2) is 0 Å². The minimum absolute atomic E-state index is 0.0499. The van der Waals surface area contributed by atoms with Gasteiger partial charge in [0.25, 0.3) is 17.0 Å². The number of amides is 1. The summed E-state index contributed by atoms with van der Waals surface area (Å²) in [7, 11) is 0. The molecule has 8 heteroatoms. The van der Waals surface area contributed by atoms with Crippen LogP contribution in [0.5, 0.6) is 0 Å². The molecule has 1 N–H and O–H groups in total. The van der Waals surface area contributed by atoms with Crippen LogP contribution in [0.2, 0.25) is 0 Å². The maximum absolute atomic E-state index is 13.2. The first-order valence-corrected chi connectivity index (χ1v) is 9.97. The van der Waals surface area contributed by atoms with Crippen LogP contribution in [0.1, 0.15) is 48.0 Å². The number of carbonyl (C=O) groups is 1. The van der Waals surface area contributed by atoms with Gasteiger partial charge in [-0.15, -0.1) is 0 Å². The molecule has 3 aromatic rings. The van der Waals surface area contributed by atoms with Crippen LogP contribution in [-0.4, -0.2) is 36.9 Å². The second-order valence-electron chi connectivity index (χ2n) is 7.80. The molecule has 3 heterocycles. The Bertz CT molecular complexity index is 1210. The van der Waals surface area contributed by atoms with Gasteiger partial charge in [0.2, 0.25) is 0 Å². The monoisotopic (exact) mass is 391 g/mol. The maximum Gasteiger partial charge on any atom is 0.273 e. The second-order valence-corrected chi connectivity index (χ2v) is 7.80. The fourth-order valence-corrected chi connectivity index (χ4v) is 4.09. The Morgan fingerprint density at radius 1 is 1.17 bits per heavy atom. The second kappa shape index (κ2) is 6.95. The summed E-state index contributed by atoms with van der Waals surface area (Å²) in [5, 5.41) is 0.601. The van der Waals surface area contributed by atoms with Gasteiger partial charge >= 0.3 is 0 Å². The minimum Gasteiger partial charge on any atom is -0.327 e. The maximum atomic E-state index is 13.2. The first-order valence-electron chi connectivity index (χ1n) is 9.97. The van der Waals surface area contributed by atoms with Crippen molar-refractivity contribution in [2.24, 2.45) is 5.92 Å². The molecule has 1 aromatic carbocycles. The number of nitrogens with one attached hydrogen (secondary N) is 1. The van der Waals surface area contributed by atoms with Crippen LogP contribution >= 0.6 is 0 Å². The van der Waals surface area contributed by atoms with Gasteiger partial charge < -0.3 is 9.88 Å². The normalized spacial score (nSPS) is 19.0. The van der Waals surface area contributed by atoms with Crippen molar-refractivity contribution in [3.05, 3.63) is 68.9 Å². The SMILES string of the molecule is O=C(c1cc(=O)[nH]cn1)N1CCCC1c1nc2ccccc2c(=O)n1CC1CC1. The molecule has 1 unspecified atom stereocenters. The van der Waals surface area contributed by atoms with Gasteiger partial charge in [-0.2, -0.15) is 0 Å². The van der Waals surface area contributed by atoms with Gasteiger partial charge in [0.05, 0.1) is 23.3 Å². The molecule has 5 rings (SSSR count). The number of aromatic nitrogens is 4. The Morgan fingerprint density at radius 3 is 2.79 bits per heavy atom. The number of carbonyl (C=O) groups excluding carboxylic acids is 1. The molecular formula is C21H21N5O3. The zero-order valence-corrected chi connectivity index (χ0v) is 15.9. The lowest BCUT2D eigenvalue weighted by Gasteiger charge is -2.26. The van der Waals surface area contributed by atoms with E-state index in [2.05, 4.69) is 9.97 Å². The van der Waals surface area contributed by atoms with Crippen molar-refractivity contribution in [2.45, 2.75) is 38.3 Å². The van der Waals surface area contributed by atoms with Crippen LogP contribution in [0.25, 0.3) is 10.9 Å². The van der Waals surface area contributed by atoms with Gasteiger partial charge in [0, 0.05) is 19.2 Å². The number of likely N-dealkylation sites (tertiary alicyclic amines) is 1. The highest BCUT2D eigenvalue weighted by Crippen LogP contribution is 2.35. The summed E-state index contributed by atoms with van der Waals surface area (Å²) < 4.78 is 1.77. The van der Waals surface area contributed by atoms with Gasteiger partial charge in [-0.1, -0.05) is 12.1 Å². The molecule has 0 spiro atoms. The summed E-state index contributed by atoms with van der Waals surface area (Å²) in [6, 6.07) is 8.25. The van der Waals surface area contributed by atoms with E-state index in [-0.39, 0.29) is 28.8 Å². The molecule has 1 aliphatic heterocycles. The highest BCUT2D eigenvalue weighted by molar-refractivity contribution is 5.92. The highest BCUT2D eigenvalue weighted by atomic mass is 16.2.